The van der Waals surface area contributed by atoms with Crippen LogP contribution in [0.2, 0.25) is 0 Å². The fraction of sp³-hybridized carbons (Fsp3) is 0.385. The van der Waals surface area contributed by atoms with Gasteiger partial charge in [-0.15, -0.1) is 0 Å². The summed E-state index contributed by atoms with van der Waals surface area (Å²) < 4.78 is 37.7. The van der Waals surface area contributed by atoms with Gasteiger partial charge in [-0.25, -0.2) is 0 Å². The molecule has 0 aliphatic heterocycles. The van der Waals surface area contributed by atoms with Gasteiger partial charge in [0.2, 0.25) is 0 Å². The van der Waals surface area contributed by atoms with Crippen molar-refractivity contribution >= 4 is 11.7 Å². The average Bonchev–Trinajstić information content (AvgIpc) is 3.27. The largest absolute Gasteiger partial charge is 0.409 e. The number of nitrogens with two attached hydrogens (primary N) is 1. The van der Waals surface area contributed by atoms with Crippen LogP contribution in [0, 0.1) is 0 Å². The van der Waals surface area contributed by atoms with Gasteiger partial charge in [0.05, 0.1) is 0 Å². The predicted octanol–water partition coefficient (Wildman–Crippen LogP) is 1.95. The topological polar surface area (TPSA) is 78.9 Å². The molecule has 0 heterocycles. The van der Waals surface area contributed by atoms with Crippen LogP contribution >= 0.6 is 0 Å². The van der Waals surface area contributed by atoms with E-state index in [1.807, 2.05) is 0 Å². The lowest BCUT2D eigenvalue weighted by molar-refractivity contribution is -0.141. The molecule has 8 heteroatoms. The number of carbonyl (C=O) groups is 1. The SMILES string of the molecule is NC(=NO)c1cccc(C(=O)N(CC(F)(F)F)C2CC2)c1. The van der Waals surface area contributed by atoms with Crippen molar-refractivity contribution in [1.82, 2.24) is 4.90 Å². The van der Waals surface area contributed by atoms with Gasteiger partial charge in [0, 0.05) is 17.2 Å². The third-order valence-corrected chi connectivity index (χ3v) is 3.11. The van der Waals surface area contributed by atoms with E-state index < -0.39 is 18.6 Å². The average molecular weight is 301 g/mol. The van der Waals surface area contributed by atoms with Crippen molar-refractivity contribution in [2.45, 2.75) is 25.1 Å². The second-order valence-corrected chi connectivity index (χ2v) is 4.85. The van der Waals surface area contributed by atoms with Crippen molar-refractivity contribution in [2.75, 3.05) is 6.54 Å². The number of oxime groups is 1. The van der Waals surface area contributed by atoms with E-state index in [9.17, 15) is 18.0 Å². The maximum absolute atomic E-state index is 12.6. The molecule has 0 bridgehead atoms. The molecule has 0 aromatic heterocycles. The zero-order valence-corrected chi connectivity index (χ0v) is 11.0. The fourth-order valence-electron chi connectivity index (χ4n) is 1.98. The number of nitrogens with zero attached hydrogens (tertiary/aromatic N) is 2. The summed E-state index contributed by atoms with van der Waals surface area (Å²) in [6.07, 6.45) is -3.30. The minimum Gasteiger partial charge on any atom is -0.409 e. The molecule has 2 rings (SSSR count). The van der Waals surface area contributed by atoms with Crippen LogP contribution in [-0.2, 0) is 0 Å². The summed E-state index contributed by atoms with van der Waals surface area (Å²) in [5.74, 6) is -0.916. The molecule has 1 aliphatic carbocycles. The van der Waals surface area contributed by atoms with Gasteiger partial charge in [-0.3, -0.25) is 4.79 Å². The summed E-state index contributed by atoms with van der Waals surface area (Å²) in [5, 5.41) is 11.4. The molecule has 1 saturated carbocycles. The highest BCUT2D eigenvalue weighted by atomic mass is 19.4. The van der Waals surface area contributed by atoms with Crippen LogP contribution in [0.5, 0.6) is 0 Å². The number of halogens is 3. The molecule has 21 heavy (non-hydrogen) atoms. The molecule has 0 saturated heterocycles. The number of benzene rings is 1. The molecular weight excluding hydrogens is 287 g/mol. The smallest absolute Gasteiger partial charge is 0.406 e. The Morgan fingerprint density at radius 1 is 1.38 bits per heavy atom. The Balaban J connectivity index is 2.25. The van der Waals surface area contributed by atoms with E-state index in [2.05, 4.69) is 5.16 Å². The molecule has 0 unspecified atom stereocenters. The zero-order valence-electron chi connectivity index (χ0n) is 11.0. The van der Waals surface area contributed by atoms with E-state index >= 15 is 0 Å². The Morgan fingerprint density at radius 3 is 2.52 bits per heavy atom. The third-order valence-electron chi connectivity index (χ3n) is 3.11. The number of alkyl halides is 3. The van der Waals surface area contributed by atoms with E-state index in [1.165, 1.54) is 24.3 Å². The van der Waals surface area contributed by atoms with E-state index in [0.717, 1.165) is 4.90 Å². The van der Waals surface area contributed by atoms with Gasteiger partial charge in [-0.05, 0) is 25.0 Å². The quantitative estimate of drug-likeness (QED) is 0.386. The summed E-state index contributed by atoms with van der Waals surface area (Å²) in [6, 6.07) is 5.31. The molecule has 1 aliphatic rings. The van der Waals surface area contributed by atoms with Crippen LogP contribution in [0.4, 0.5) is 13.2 Å². The van der Waals surface area contributed by atoms with E-state index in [-0.39, 0.29) is 23.0 Å². The molecule has 5 nitrogen and oxygen atoms in total. The first-order valence-corrected chi connectivity index (χ1v) is 6.27. The van der Waals surface area contributed by atoms with E-state index in [1.54, 1.807) is 0 Å². The number of amides is 1. The zero-order chi connectivity index (χ0) is 15.6. The predicted molar refractivity (Wildman–Crippen MR) is 69.1 cm³/mol. The van der Waals surface area contributed by atoms with E-state index in [0.29, 0.717) is 12.8 Å². The Bertz CT molecular complexity index is 568. The van der Waals surface area contributed by atoms with Crippen LogP contribution in [0.1, 0.15) is 28.8 Å². The van der Waals surface area contributed by atoms with Gasteiger partial charge in [0.15, 0.2) is 5.84 Å². The number of rotatable bonds is 4. The number of hydrogen-bond donors (Lipinski definition) is 2. The van der Waals surface area contributed by atoms with Crippen LogP contribution in [-0.4, -0.2) is 40.6 Å². The van der Waals surface area contributed by atoms with Gasteiger partial charge in [0.25, 0.3) is 5.91 Å². The monoisotopic (exact) mass is 301 g/mol. The minimum absolute atomic E-state index is 0.0789. The fourth-order valence-corrected chi connectivity index (χ4v) is 1.98. The van der Waals surface area contributed by atoms with E-state index in [4.69, 9.17) is 10.9 Å². The Labute approximate surface area is 118 Å². The first kappa shape index (κ1) is 15.1. The van der Waals surface area contributed by atoms with Gasteiger partial charge >= 0.3 is 6.18 Å². The summed E-state index contributed by atoms with van der Waals surface area (Å²) in [5.41, 5.74) is 5.76. The molecule has 1 aromatic rings. The molecule has 0 atom stereocenters. The van der Waals surface area contributed by atoms with Gasteiger partial charge in [-0.1, -0.05) is 17.3 Å². The molecule has 1 aromatic carbocycles. The van der Waals surface area contributed by atoms with Crippen molar-refractivity contribution in [3.63, 3.8) is 0 Å². The lowest BCUT2D eigenvalue weighted by Gasteiger charge is -2.24. The summed E-state index contributed by atoms with van der Waals surface area (Å²) >= 11 is 0. The van der Waals surface area contributed by atoms with Crippen LogP contribution < -0.4 is 5.73 Å². The highest BCUT2D eigenvalue weighted by molar-refractivity contribution is 6.01. The second-order valence-electron chi connectivity index (χ2n) is 4.85. The van der Waals surface area contributed by atoms with Crippen molar-refractivity contribution in [1.29, 1.82) is 0 Å². The number of amidine groups is 1. The molecule has 1 fully saturated rings. The van der Waals surface area contributed by atoms with Crippen molar-refractivity contribution in [3.05, 3.63) is 35.4 Å². The van der Waals surface area contributed by atoms with Crippen LogP contribution in [0.25, 0.3) is 0 Å². The highest BCUT2D eigenvalue weighted by Crippen LogP contribution is 2.31. The Kier molecular flexibility index (Phi) is 4.06. The summed E-state index contributed by atoms with van der Waals surface area (Å²) in [7, 11) is 0. The lowest BCUT2D eigenvalue weighted by Crippen LogP contribution is -2.40. The molecule has 0 radical (unpaired) electrons. The summed E-state index contributed by atoms with van der Waals surface area (Å²) in [4.78, 5) is 13.1. The highest BCUT2D eigenvalue weighted by Gasteiger charge is 2.40. The van der Waals surface area contributed by atoms with Gasteiger partial charge < -0.3 is 15.8 Å². The van der Waals surface area contributed by atoms with Gasteiger partial charge in [0.1, 0.15) is 6.54 Å². The van der Waals surface area contributed by atoms with Gasteiger partial charge in [-0.2, -0.15) is 13.2 Å². The standard InChI is InChI=1S/C13H14F3N3O2/c14-13(15,16)7-19(10-4-5-10)12(20)9-3-1-2-8(6-9)11(17)18-21/h1-3,6,10,21H,4-5,7H2,(H2,17,18). The maximum Gasteiger partial charge on any atom is 0.406 e. The Hall–Kier alpha value is -2.25. The third kappa shape index (κ3) is 3.87. The van der Waals surface area contributed by atoms with Crippen molar-refractivity contribution in [3.8, 4) is 0 Å². The van der Waals surface area contributed by atoms with Crippen LogP contribution in [0.15, 0.2) is 29.4 Å². The molecule has 114 valence electrons. The minimum atomic E-state index is -4.44. The van der Waals surface area contributed by atoms with Crippen LogP contribution in [0.3, 0.4) is 0 Å². The number of carbonyl (C=O) groups excluding carboxylic acids is 1. The maximum atomic E-state index is 12.6. The number of hydrogen-bond acceptors (Lipinski definition) is 3. The molecule has 3 N–H and O–H groups in total. The summed E-state index contributed by atoms with van der Waals surface area (Å²) in [6.45, 7) is -1.27. The molecular formula is C13H14F3N3O2. The van der Waals surface area contributed by atoms with Crippen molar-refractivity contribution < 1.29 is 23.2 Å². The Morgan fingerprint density at radius 2 is 2.00 bits per heavy atom. The van der Waals surface area contributed by atoms with Crippen molar-refractivity contribution in [2.24, 2.45) is 10.9 Å². The second kappa shape index (κ2) is 5.63. The normalized spacial score (nSPS) is 15.9. The first-order chi connectivity index (χ1) is 9.81. The molecule has 1 amide bonds. The first-order valence-electron chi connectivity index (χ1n) is 6.27. The molecule has 0 spiro atoms. The lowest BCUT2D eigenvalue weighted by atomic mass is 10.1.